The molecular weight excluding hydrogens is 250 g/mol. The molecule has 0 saturated heterocycles. The molecule has 1 rings (SSSR count). The Hall–Kier alpha value is -0.120. The van der Waals surface area contributed by atoms with E-state index in [1.54, 1.807) is 7.11 Å². The number of aliphatic hydroxyl groups excluding tert-OH is 1. The summed E-state index contributed by atoms with van der Waals surface area (Å²) in [4.78, 5) is 2.48. The Morgan fingerprint density at radius 3 is 2.45 bits per heavy atom. The van der Waals surface area contributed by atoms with E-state index >= 15 is 0 Å². The number of rotatable bonds is 8. The molecule has 0 aliphatic heterocycles. The normalized spacial score (nSPS) is 27.8. The molecule has 20 heavy (non-hydrogen) atoms. The van der Waals surface area contributed by atoms with E-state index in [1.807, 2.05) is 0 Å². The fourth-order valence-corrected chi connectivity index (χ4v) is 3.41. The van der Waals surface area contributed by atoms with Gasteiger partial charge in [-0.2, -0.15) is 0 Å². The zero-order chi connectivity index (χ0) is 15.1. The first-order valence-electron chi connectivity index (χ1n) is 8.33. The molecule has 0 bridgehead atoms. The van der Waals surface area contributed by atoms with Crippen LogP contribution in [0.3, 0.4) is 0 Å². The molecule has 3 atom stereocenters. The van der Waals surface area contributed by atoms with Crippen molar-refractivity contribution in [3.8, 4) is 0 Å². The third-order valence-electron chi connectivity index (χ3n) is 4.65. The van der Waals surface area contributed by atoms with Gasteiger partial charge in [0.05, 0.1) is 12.7 Å². The standard InChI is InChI=1S/C17H35NO2/c1-13(2)11-18(8-9-20-5)12-16-10-15(14(3)4)6-7-17(16)19/h13-17,19H,6-12H2,1-5H3. The Morgan fingerprint density at radius 1 is 1.20 bits per heavy atom. The molecule has 3 unspecified atom stereocenters. The fourth-order valence-electron chi connectivity index (χ4n) is 3.41. The molecule has 1 aliphatic carbocycles. The van der Waals surface area contributed by atoms with Crippen LogP contribution in [0.5, 0.6) is 0 Å². The highest BCUT2D eigenvalue weighted by atomic mass is 16.5. The lowest BCUT2D eigenvalue weighted by Crippen LogP contribution is -2.42. The molecule has 3 nitrogen and oxygen atoms in total. The molecule has 3 heteroatoms. The molecule has 120 valence electrons. The summed E-state index contributed by atoms with van der Waals surface area (Å²) in [7, 11) is 1.76. The molecule has 1 saturated carbocycles. The lowest BCUT2D eigenvalue weighted by molar-refractivity contribution is 0.0125. The lowest BCUT2D eigenvalue weighted by Gasteiger charge is -2.38. The van der Waals surface area contributed by atoms with Gasteiger partial charge in [-0.1, -0.05) is 27.7 Å². The summed E-state index contributed by atoms with van der Waals surface area (Å²) in [5, 5.41) is 10.3. The van der Waals surface area contributed by atoms with Gasteiger partial charge in [-0.25, -0.2) is 0 Å². The zero-order valence-electron chi connectivity index (χ0n) is 14.1. The summed E-state index contributed by atoms with van der Waals surface area (Å²) in [6, 6.07) is 0. The minimum Gasteiger partial charge on any atom is -0.393 e. The highest BCUT2D eigenvalue weighted by Gasteiger charge is 2.31. The maximum Gasteiger partial charge on any atom is 0.0589 e. The van der Waals surface area contributed by atoms with E-state index in [2.05, 4.69) is 32.6 Å². The van der Waals surface area contributed by atoms with Crippen LogP contribution in [0.4, 0.5) is 0 Å². The molecule has 0 aromatic rings. The van der Waals surface area contributed by atoms with E-state index in [0.29, 0.717) is 11.8 Å². The SMILES string of the molecule is COCCN(CC(C)C)CC1CC(C(C)C)CCC1O. The monoisotopic (exact) mass is 285 g/mol. The fraction of sp³-hybridized carbons (Fsp3) is 1.00. The van der Waals surface area contributed by atoms with Gasteiger partial charge in [-0.05, 0) is 42.9 Å². The van der Waals surface area contributed by atoms with Crippen LogP contribution < -0.4 is 0 Å². The van der Waals surface area contributed by atoms with Crippen molar-refractivity contribution in [1.82, 2.24) is 4.90 Å². The molecular formula is C17H35NO2. The van der Waals surface area contributed by atoms with Gasteiger partial charge in [0.15, 0.2) is 0 Å². The first kappa shape index (κ1) is 17.9. The summed E-state index contributed by atoms with van der Waals surface area (Å²) >= 11 is 0. The smallest absolute Gasteiger partial charge is 0.0589 e. The number of ether oxygens (including phenoxy) is 1. The van der Waals surface area contributed by atoms with Crippen molar-refractivity contribution in [3.63, 3.8) is 0 Å². The highest BCUT2D eigenvalue weighted by Crippen LogP contribution is 2.34. The van der Waals surface area contributed by atoms with Crippen molar-refractivity contribution < 1.29 is 9.84 Å². The number of methoxy groups -OCH3 is 1. The Balaban J connectivity index is 2.54. The van der Waals surface area contributed by atoms with Crippen LogP contribution in [0.1, 0.15) is 47.0 Å². The van der Waals surface area contributed by atoms with Crippen LogP contribution in [-0.4, -0.2) is 49.5 Å². The maximum absolute atomic E-state index is 10.3. The summed E-state index contributed by atoms with van der Waals surface area (Å²) in [6.07, 6.45) is 3.24. The Labute approximate surface area is 125 Å². The third-order valence-corrected chi connectivity index (χ3v) is 4.65. The molecule has 0 spiro atoms. The molecule has 0 amide bonds. The molecule has 1 aliphatic rings. The van der Waals surface area contributed by atoms with E-state index in [4.69, 9.17) is 4.74 Å². The predicted molar refractivity (Wildman–Crippen MR) is 84.8 cm³/mol. The second-order valence-corrected chi connectivity index (χ2v) is 7.29. The minimum absolute atomic E-state index is 0.109. The lowest BCUT2D eigenvalue weighted by atomic mass is 9.74. The predicted octanol–water partition coefficient (Wildman–Crippen LogP) is 3.02. The van der Waals surface area contributed by atoms with Crippen LogP contribution in [0.25, 0.3) is 0 Å². The minimum atomic E-state index is -0.109. The number of nitrogens with zero attached hydrogens (tertiary/aromatic N) is 1. The van der Waals surface area contributed by atoms with Gasteiger partial charge in [-0.3, -0.25) is 0 Å². The molecule has 0 heterocycles. The van der Waals surface area contributed by atoms with E-state index in [1.165, 1.54) is 12.8 Å². The van der Waals surface area contributed by atoms with Gasteiger partial charge >= 0.3 is 0 Å². The molecule has 1 fully saturated rings. The third kappa shape index (κ3) is 6.11. The van der Waals surface area contributed by atoms with Crippen molar-refractivity contribution in [2.24, 2.45) is 23.7 Å². The van der Waals surface area contributed by atoms with Crippen molar-refractivity contribution in [2.75, 3.05) is 33.4 Å². The van der Waals surface area contributed by atoms with Crippen LogP contribution in [0, 0.1) is 23.7 Å². The number of aliphatic hydroxyl groups is 1. The van der Waals surface area contributed by atoms with Crippen LogP contribution in [0.15, 0.2) is 0 Å². The van der Waals surface area contributed by atoms with E-state index in [-0.39, 0.29) is 6.10 Å². The Kier molecular flexibility index (Phi) is 8.08. The largest absolute Gasteiger partial charge is 0.393 e. The average Bonchev–Trinajstić information content (AvgIpc) is 2.37. The highest BCUT2D eigenvalue weighted by molar-refractivity contribution is 4.83. The summed E-state index contributed by atoms with van der Waals surface area (Å²) < 4.78 is 5.23. The van der Waals surface area contributed by atoms with E-state index < -0.39 is 0 Å². The Bertz CT molecular complexity index is 255. The van der Waals surface area contributed by atoms with Gasteiger partial charge < -0.3 is 14.7 Å². The average molecular weight is 285 g/mol. The van der Waals surface area contributed by atoms with Crippen molar-refractivity contribution in [2.45, 2.75) is 53.1 Å². The van der Waals surface area contributed by atoms with Crippen LogP contribution in [0.2, 0.25) is 0 Å². The first-order chi connectivity index (χ1) is 9.43. The van der Waals surface area contributed by atoms with Crippen molar-refractivity contribution in [1.29, 1.82) is 0 Å². The second kappa shape index (κ2) is 9.01. The van der Waals surface area contributed by atoms with Gasteiger partial charge in [0, 0.05) is 26.7 Å². The number of hydrogen-bond acceptors (Lipinski definition) is 3. The summed E-state index contributed by atoms with van der Waals surface area (Å²) in [5.41, 5.74) is 0. The Morgan fingerprint density at radius 2 is 1.90 bits per heavy atom. The van der Waals surface area contributed by atoms with Crippen molar-refractivity contribution in [3.05, 3.63) is 0 Å². The zero-order valence-corrected chi connectivity index (χ0v) is 14.1. The van der Waals surface area contributed by atoms with Gasteiger partial charge in [0.2, 0.25) is 0 Å². The number of hydrogen-bond donors (Lipinski definition) is 1. The molecule has 0 aromatic carbocycles. The van der Waals surface area contributed by atoms with Crippen LogP contribution >= 0.6 is 0 Å². The van der Waals surface area contributed by atoms with Gasteiger partial charge in [0.1, 0.15) is 0 Å². The van der Waals surface area contributed by atoms with Crippen molar-refractivity contribution >= 4 is 0 Å². The summed E-state index contributed by atoms with van der Waals surface area (Å²) in [6.45, 7) is 13.0. The van der Waals surface area contributed by atoms with Crippen LogP contribution in [-0.2, 0) is 4.74 Å². The van der Waals surface area contributed by atoms with E-state index in [9.17, 15) is 5.11 Å². The second-order valence-electron chi connectivity index (χ2n) is 7.29. The van der Waals surface area contributed by atoms with Gasteiger partial charge in [-0.15, -0.1) is 0 Å². The van der Waals surface area contributed by atoms with E-state index in [0.717, 1.165) is 44.5 Å². The van der Waals surface area contributed by atoms with Gasteiger partial charge in [0.25, 0.3) is 0 Å². The maximum atomic E-state index is 10.3. The molecule has 0 radical (unpaired) electrons. The molecule has 1 N–H and O–H groups in total. The summed E-state index contributed by atoms with van der Waals surface area (Å²) in [5.74, 6) is 2.62. The first-order valence-corrected chi connectivity index (χ1v) is 8.33. The molecule has 0 aromatic heterocycles. The topological polar surface area (TPSA) is 32.7 Å². The quantitative estimate of drug-likeness (QED) is 0.744.